The van der Waals surface area contributed by atoms with E-state index in [0.29, 0.717) is 33.8 Å². The fourth-order valence-electron chi connectivity index (χ4n) is 3.96. The average molecular weight is 428 g/mol. The van der Waals surface area contributed by atoms with E-state index in [0.717, 1.165) is 0 Å². The molecule has 0 radical (unpaired) electrons. The van der Waals surface area contributed by atoms with Gasteiger partial charge in [0.1, 0.15) is 16.9 Å². The number of alkyl halides is 2. The largest absolute Gasteiger partial charge is 0.382 e. The van der Waals surface area contributed by atoms with Gasteiger partial charge in [-0.1, -0.05) is 38.5 Å². The lowest BCUT2D eigenvalue weighted by Crippen LogP contribution is -2.09. The molecule has 4 heterocycles. The Morgan fingerprint density at radius 2 is 1.65 bits per heavy atom. The number of nitrogens with zero attached hydrogens (tertiary/aromatic N) is 6. The molecule has 0 amide bonds. The molecule has 8 nitrogen and oxygen atoms in total. The molecule has 4 N–H and O–H groups in total. The number of hydrogen-bond donors (Lipinski definition) is 2. The molecule has 4 aromatic heterocycles. The minimum atomic E-state index is -2.50. The molecule has 0 aliphatic heterocycles. The minimum Gasteiger partial charge on any atom is -0.382 e. The molecule has 1 saturated carbocycles. The Morgan fingerprint density at radius 3 is 2.29 bits per heavy atom. The van der Waals surface area contributed by atoms with Crippen LogP contribution in [0, 0.1) is 6.92 Å². The molecule has 1 aliphatic rings. The Morgan fingerprint density at radius 1 is 0.968 bits per heavy atom. The van der Waals surface area contributed by atoms with Crippen LogP contribution in [0.5, 0.6) is 0 Å². The predicted molar refractivity (Wildman–Crippen MR) is 117 cm³/mol. The lowest BCUT2D eigenvalue weighted by Gasteiger charge is -2.06. The summed E-state index contributed by atoms with van der Waals surface area (Å²) in [6.07, 6.45) is 8.19. The number of nitrogen functional groups attached to an aromatic ring is 2. The van der Waals surface area contributed by atoms with Crippen LogP contribution in [0.4, 0.5) is 20.5 Å². The Hall–Kier alpha value is -3.30. The average Bonchev–Trinajstić information content (AvgIpc) is 3.30. The number of rotatable bonds is 3. The maximum Gasteiger partial charge on any atom is 0.256 e. The van der Waals surface area contributed by atoms with Gasteiger partial charge in [-0.2, -0.15) is 4.98 Å². The molecular weight excluding hydrogens is 402 g/mol. The van der Waals surface area contributed by atoms with Crippen LogP contribution in [0.15, 0.2) is 24.4 Å². The highest BCUT2D eigenvalue weighted by Crippen LogP contribution is 2.29. The monoisotopic (exact) mass is 428 g/mol. The molecule has 4 aromatic rings. The van der Waals surface area contributed by atoms with Crippen molar-refractivity contribution in [1.29, 1.82) is 0 Å². The van der Waals surface area contributed by atoms with Gasteiger partial charge in [-0.05, 0) is 25.1 Å². The fourth-order valence-corrected chi connectivity index (χ4v) is 3.96. The third-order valence-corrected chi connectivity index (χ3v) is 5.43. The van der Waals surface area contributed by atoms with E-state index in [9.17, 15) is 8.78 Å². The van der Waals surface area contributed by atoms with Crippen LogP contribution < -0.4 is 11.5 Å². The first kappa shape index (κ1) is 21.0. The molecule has 0 bridgehead atoms. The van der Waals surface area contributed by atoms with E-state index in [1.54, 1.807) is 31.3 Å². The van der Waals surface area contributed by atoms with Gasteiger partial charge in [-0.15, -0.1) is 5.10 Å². The molecule has 5 rings (SSSR count). The Bertz CT molecular complexity index is 1180. The summed E-state index contributed by atoms with van der Waals surface area (Å²) in [4.78, 5) is 12.8. The zero-order chi connectivity index (χ0) is 22.0. The third-order valence-electron chi connectivity index (χ3n) is 5.43. The van der Waals surface area contributed by atoms with Crippen molar-refractivity contribution in [2.75, 3.05) is 11.5 Å². The summed E-state index contributed by atoms with van der Waals surface area (Å²) in [6.45, 7) is 1.21. The van der Waals surface area contributed by atoms with Gasteiger partial charge in [0, 0.05) is 11.8 Å². The Kier molecular flexibility index (Phi) is 5.97. The van der Waals surface area contributed by atoms with Crippen molar-refractivity contribution in [3.8, 4) is 11.3 Å². The zero-order valence-electron chi connectivity index (χ0n) is 17.4. The Labute approximate surface area is 178 Å². The van der Waals surface area contributed by atoms with E-state index < -0.39 is 13.0 Å². The van der Waals surface area contributed by atoms with Crippen molar-refractivity contribution in [3.05, 3.63) is 30.2 Å². The molecule has 31 heavy (non-hydrogen) atoms. The predicted octanol–water partition coefficient (Wildman–Crippen LogP) is 4.22. The number of anilines is 2. The molecule has 0 unspecified atom stereocenters. The van der Waals surface area contributed by atoms with Gasteiger partial charge in [0.05, 0.1) is 12.2 Å². The van der Waals surface area contributed by atoms with Gasteiger partial charge >= 0.3 is 0 Å². The number of halogens is 2. The number of aromatic nitrogens is 6. The molecule has 0 spiro atoms. The van der Waals surface area contributed by atoms with Crippen LogP contribution in [0.2, 0.25) is 0 Å². The van der Waals surface area contributed by atoms with Gasteiger partial charge < -0.3 is 16.0 Å². The van der Waals surface area contributed by atoms with E-state index >= 15 is 0 Å². The number of aryl methyl sites for hydroxylation is 1. The highest BCUT2D eigenvalue weighted by molar-refractivity contribution is 5.88. The number of imidazole rings is 1. The maximum absolute atomic E-state index is 12.9. The summed E-state index contributed by atoms with van der Waals surface area (Å²) in [6, 6.07) is 5.27. The smallest absolute Gasteiger partial charge is 0.256 e. The van der Waals surface area contributed by atoms with Gasteiger partial charge in [-0.3, -0.25) is 0 Å². The van der Waals surface area contributed by atoms with Crippen molar-refractivity contribution in [3.63, 3.8) is 0 Å². The summed E-state index contributed by atoms with van der Waals surface area (Å²) in [5.74, 6) is 0.755. The summed E-state index contributed by atoms with van der Waals surface area (Å²) >= 11 is 0. The van der Waals surface area contributed by atoms with Gasteiger partial charge in [0.25, 0.3) is 6.43 Å². The van der Waals surface area contributed by atoms with Gasteiger partial charge in [0.2, 0.25) is 5.95 Å². The van der Waals surface area contributed by atoms with Crippen molar-refractivity contribution >= 4 is 28.4 Å². The number of fused-ring (bicyclic) bond motifs is 2. The van der Waals surface area contributed by atoms with Crippen LogP contribution >= 0.6 is 0 Å². The first-order valence-electron chi connectivity index (χ1n) is 10.5. The second kappa shape index (κ2) is 8.83. The number of hydrogen-bond acceptors (Lipinski definition) is 6. The zero-order valence-corrected chi connectivity index (χ0v) is 17.4. The van der Waals surface area contributed by atoms with Crippen LogP contribution in [0.3, 0.4) is 0 Å². The lowest BCUT2D eigenvalue weighted by molar-refractivity contribution is 0.127. The van der Waals surface area contributed by atoms with Crippen LogP contribution in [0.25, 0.3) is 27.9 Å². The SMILES string of the molecule is C1CCCCC1.Cc1nc2ccc(-c3ccn4nc(N)nc(N)c34)nc2n1CC(F)F. The third kappa shape index (κ3) is 4.42. The summed E-state index contributed by atoms with van der Waals surface area (Å²) in [7, 11) is 0. The van der Waals surface area contributed by atoms with E-state index in [1.807, 2.05) is 0 Å². The highest BCUT2D eigenvalue weighted by atomic mass is 19.3. The molecule has 0 aromatic carbocycles. The van der Waals surface area contributed by atoms with E-state index in [2.05, 4.69) is 20.1 Å². The minimum absolute atomic E-state index is 0.0567. The quantitative estimate of drug-likeness (QED) is 0.505. The van der Waals surface area contributed by atoms with Crippen molar-refractivity contribution in [2.45, 2.75) is 58.4 Å². The van der Waals surface area contributed by atoms with Crippen molar-refractivity contribution in [2.24, 2.45) is 0 Å². The van der Waals surface area contributed by atoms with E-state index in [4.69, 9.17) is 11.5 Å². The second-order valence-electron chi connectivity index (χ2n) is 7.70. The lowest BCUT2D eigenvalue weighted by atomic mass is 10.0. The first-order chi connectivity index (χ1) is 14.9. The van der Waals surface area contributed by atoms with E-state index in [1.165, 1.54) is 47.6 Å². The molecule has 0 atom stereocenters. The van der Waals surface area contributed by atoms with Gasteiger partial charge in [-0.25, -0.2) is 23.3 Å². The van der Waals surface area contributed by atoms with Crippen LogP contribution in [-0.2, 0) is 6.54 Å². The topological polar surface area (TPSA) is 113 Å². The van der Waals surface area contributed by atoms with Crippen LogP contribution in [0.1, 0.15) is 44.3 Å². The van der Waals surface area contributed by atoms with Gasteiger partial charge in [0.15, 0.2) is 11.5 Å². The number of nitrogens with two attached hydrogens (primary N) is 2. The Balaban J connectivity index is 0.000000334. The molecule has 10 heteroatoms. The molecular formula is C21H26F2N8. The first-order valence-corrected chi connectivity index (χ1v) is 10.5. The van der Waals surface area contributed by atoms with Crippen LogP contribution in [-0.4, -0.2) is 35.6 Å². The fraction of sp³-hybridized carbons (Fsp3) is 0.429. The number of pyridine rings is 1. The normalized spacial score (nSPS) is 14.2. The maximum atomic E-state index is 12.9. The second-order valence-corrected chi connectivity index (χ2v) is 7.70. The van der Waals surface area contributed by atoms with Crippen molar-refractivity contribution in [1.82, 2.24) is 29.1 Å². The summed E-state index contributed by atoms with van der Waals surface area (Å²) < 4.78 is 28.6. The van der Waals surface area contributed by atoms with E-state index in [-0.39, 0.29) is 11.8 Å². The highest BCUT2D eigenvalue weighted by Gasteiger charge is 2.17. The van der Waals surface area contributed by atoms with Crippen molar-refractivity contribution < 1.29 is 8.78 Å². The molecule has 1 aliphatic carbocycles. The molecule has 164 valence electrons. The summed E-state index contributed by atoms with van der Waals surface area (Å²) in [5.41, 5.74) is 14.3. The molecule has 0 saturated heterocycles. The molecule has 1 fully saturated rings. The summed E-state index contributed by atoms with van der Waals surface area (Å²) in [5, 5.41) is 4.06. The standard InChI is InChI=1S/C15H14F2N8.C6H12/c1-7-20-10-3-2-9(21-14(10)24(7)6-11(16)17)8-4-5-25-12(8)13(18)22-15(19)23-25;1-2-4-6-5-3-1/h2-5,11H,6H2,1H3,(H4,18,19,22,23);1-6H2.